The van der Waals surface area contributed by atoms with E-state index < -0.39 is 12.2 Å². The van der Waals surface area contributed by atoms with E-state index in [-0.39, 0.29) is 50.2 Å². The lowest BCUT2D eigenvalue weighted by atomic mass is 10.1. The van der Waals surface area contributed by atoms with Crippen LogP contribution in [0, 0.1) is 5.92 Å². The molecule has 0 aliphatic carbocycles. The van der Waals surface area contributed by atoms with Crippen LogP contribution in [0.1, 0.15) is 201 Å². The molecule has 0 aromatic rings. The smallest absolute Gasteiger partial charge is 0.323 e. The SMILES string of the molecule is CCCCC/C=C\C/C=C\CCCCCCCC(=O)OC[C@H](COC(=O)CCC(OCCCCCCCC)OCCCCCCCC)COC(=O)C1CCCN1C. The maximum absolute atomic E-state index is 12.9. The summed E-state index contributed by atoms with van der Waals surface area (Å²) in [6, 6.07) is -0.265. The fourth-order valence-corrected chi connectivity index (χ4v) is 6.94. The van der Waals surface area contributed by atoms with E-state index in [0.717, 1.165) is 90.0 Å². The molecule has 1 saturated heterocycles. The van der Waals surface area contributed by atoms with Crippen LogP contribution in [0.2, 0.25) is 0 Å². The van der Waals surface area contributed by atoms with Crippen LogP contribution in [0.25, 0.3) is 0 Å². The predicted octanol–water partition coefficient (Wildman–Crippen LogP) is 12.0. The van der Waals surface area contributed by atoms with Gasteiger partial charge in [-0.25, -0.2) is 0 Å². The Morgan fingerprint density at radius 2 is 1.05 bits per heavy atom. The molecule has 0 aromatic carbocycles. The molecule has 57 heavy (non-hydrogen) atoms. The van der Waals surface area contributed by atoms with Gasteiger partial charge in [0.05, 0.1) is 12.3 Å². The molecule has 9 heteroatoms. The molecule has 332 valence electrons. The van der Waals surface area contributed by atoms with Crippen LogP contribution in [0.15, 0.2) is 24.3 Å². The molecule has 0 aromatic heterocycles. The number of likely N-dealkylation sites (N-methyl/N-ethyl adjacent to an activating group) is 1. The molecule has 0 amide bonds. The first-order valence-corrected chi connectivity index (χ1v) is 23.6. The molecule has 1 fully saturated rings. The van der Waals surface area contributed by atoms with Gasteiger partial charge in [0.1, 0.15) is 25.9 Å². The van der Waals surface area contributed by atoms with Crippen molar-refractivity contribution < 1.29 is 38.1 Å². The summed E-state index contributed by atoms with van der Waals surface area (Å²) in [4.78, 5) is 40.4. The molecule has 1 rings (SSSR count). The quantitative estimate of drug-likeness (QED) is 0.0197. The average Bonchev–Trinajstić information content (AvgIpc) is 3.65. The highest BCUT2D eigenvalue weighted by molar-refractivity contribution is 5.76. The number of ether oxygens (including phenoxy) is 5. The van der Waals surface area contributed by atoms with E-state index in [0.29, 0.717) is 26.1 Å². The summed E-state index contributed by atoms with van der Waals surface area (Å²) in [5.41, 5.74) is 0. The van der Waals surface area contributed by atoms with Gasteiger partial charge >= 0.3 is 17.9 Å². The van der Waals surface area contributed by atoms with Gasteiger partial charge in [0, 0.05) is 26.1 Å². The Hall–Kier alpha value is -2.23. The van der Waals surface area contributed by atoms with E-state index >= 15 is 0 Å². The largest absolute Gasteiger partial charge is 0.465 e. The summed E-state index contributed by atoms with van der Waals surface area (Å²) in [5.74, 6) is -1.36. The number of rotatable bonds is 40. The summed E-state index contributed by atoms with van der Waals surface area (Å²) in [6.45, 7) is 8.84. The Bertz CT molecular complexity index is 998. The van der Waals surface area contributed by atoms with E-state index in [1.54, 1.807) is 0 Å². The highest BCUT2D eigenvalue weighted by Gasteiger charge is 2.30. The zero-order valence-corrected chi connectivity index (χ0v) is 37.3. The number of hydrogen-bond acceptors (Lipinski definition) is 9. The topological polar surface area (TPSA) is 101 Å². The van der Waals surface area contributed by atoms with Gasteiger partial charge in [0.2, 0.25) is 0 Å². The second-order valence-corrected chi connectivity index (χ2v) is 16.2. The molecule has 1 aliphatic heterocycles. The van der Waals surface area contributed by atoms with Gasteiger partial charge in [-0.2, -0.15) is 0 Å². The molecule has 0 bridgehead atoms. The molecule has 0 saturated carbocycles. The molecule has 2 atom stereocenters. The monoisotopic (exact) mass is 806 g/mol. The zero-order valence-electron chi connectivity index (χ0n) is 37.3. The number of hydrogen-bond donors (Lipinski definition) is 0. The molecular formula is C48H87NO8. The van der Waals surface area contributed by atoms with Crippen molar-refractivity contribution in [3.05, 3.63) is 24.3 Å². The third kappa shape index (κ3) is 32.3. The van der Waals surface area contributed by atoms with Crippen LogP contribution in [-0.2, 0) is 38.1 Å². The van der Waals surface area contributed by atoms with Crippen LogP contribution < -0.4 is 0 Å². The fourth-order valence-electron chi connectivity index (χ4n) is 6.94. The third-order valence-corrected chi connectivity index (χ3v) is 10.7. The van der Waals surface area contributed by atoms with E-state index in [2.05, 4.69) is 45.1 Å². The Labute approximate surface area is 349 Å². The lowest BCUT2D eigenvalue weighted by Crippen LogP contribution is -2.36. The van der Waals surface area contributed by atoms with E-state index in [9.17, 15) is 14.4 Å². The molecule has 9 nitrogen and oxygen atoms in total. The molecule has 0 radical (unpaired) electrons. The fraction of sp³-hybridized carbons (Fsp3) is 0.854. The number of carbonyl (C=O) groups is 3. The van der Waals surface area contributed by atoms with Crippen molar-refractivity contribution in [2.75, 3.05) is 46.6 Å². The standard InChI is InChI=1S/C48H87NO8/c1-5-8-11-14-17-18-19-20-21-22-23-24-25-26-29-34-45(50)55-40-43(42-57-48(52)44-33-32-37-49(44)4)41-56-46(51)35-36-47(53-38-30-27-15-12-9-6-2)54-39-31-28-16-13-10-7-3/h17-18,20-21,43-44,47H,5-16,19,22-42H2,1-4H3/b18-17-,21-20-/t43-,44?/m1/s1. The number of unbranched alkanes of at least 4 members (excludes halogenated alkanes) is 18. The van der Waals surface area contributed by atoms with Crippen molar-refractivity contribution in [2.24, 2.45) is 5.92 Å². The van der Waals surface area contributed by atoms with Gasteiger partial charge in [-0.3, -0.25) is 19.3 Å². The highest BCUT2D eigenvalue weighted by atomic mass is 16.7. The number of allylic oxidation sites excluding steroid dienone is 4. The first kappa shape index (κ1) is 52.8. The number of esters is 3. The first-order valence-electron chi connectivity index (χ1n) is 23.6. The zero-order chi connectivity index (χ0) is 41.4. The lowest BCUT2D eigenvalue weighted by molar-refractivity contribution is -0.162. The van der Waals surface area contributed by atoms with Crippen molar-refractivity contribution in [3.8, 4) is 0 Å². The molecule has 1 unspecified atom stereocenters. The minimum Gasteiger partial charge on any atom is -0.465 e. The van der Waals surface area contributed by atoms with Crippen LogP contribution in [-0.4, -0.2) is 81.8 Å². The van der Waals surface area contributed by atoms with E-state index in [1.165, 1.54) is 77.0 Å². The van der Waals surface area contributed by atoms with Gasteiger partial charge in [0.25, 0.3) is 0 Å². The Balaban J connectivity index is 2.48. The van der Waals surface area contributed by atoms with Gasteiger partial charge in [-0.15, -0.1) is 0 Å². The minimum atomic E-state index is -0.445. The maximum atomic E-state index is 12.9. The summed E-state index contributed by atoms with van der Waals surface area (Å²) < 4.78 is 29.1. The number of likely N-dealkylation sites (tertiary alicyclic amines) is 1. The predicted molar refractivity (Wildman–Crippen MR) is 233 cm³/mol. The highest BCUT2D eigenvalue weighted by Crippen LogP contribution is 2.18. The lowest BCUT2D eigenvalue weighted by Gasteiger charge is -2.21. The maximum Gasteiger partial charge on any atom is 0.323 e. The second-order valence-electron chi connectivity index (χ2n) is 16.2. The van der Waals surface area contributed by atoms with Crippen molar-refractivity contribution in [1.82, 2.24) is 4.90 Å². The Kier molecular flexibility index (Phi) is 36.3. The van der Waals surface area contributed by atoms with Gasteiger partial charge in [0.15, 0.2) is 6.29 Å². The molecule has 1 heterocycles. The molecular weight excluding hydrogens is 719 g/mol. The van der Waals surface area contributed by atoms with Gasteiger partial charge in [-0.05, 0) is 77.8 Å². The van der Waals surface area contributed by atoms with Crippen molar-refractivity contribution >= 4 is 17.9 Å². The van der Waals surface area contributed by atoms with Crippen LogP contribution >= 0.6 is 0 Å². The summed E-state index contributed by atoms with van der Waals surface area (Å²) in [6.07, 6.45) is 37.8. The van der Waals surface area contributed by atoms with Crippen LogP contribution in [0.3, 0.4) is 0 Å². The van der Waals surface area contributed by atoms with E-state index in [4.69, 9.17) is 23.7 Å². The van der Waals surface area contributed by atoms with Gasteiger partial charge in [-0.1, -0.05) is 141 Å². The number of carbonyl (C=O) groups excluding carboxylic acids is 3. The van der Waals surface area contributed by atoms with Crippen molar-refractivity contribution in [2.45, 2.75) is 213 Å². The average molecular weight is 806 g/mol. The first-order chi connectivity index (χ1) is 27.9. The Morgan fingerprint density at radius 1 is 0.579 bits per heavy atom. The van der Waals surface area contributed by atoms with Crippen molar-refractivity contribution in [3.63, 3.8) is 0 Å². The van der Waals surface area contributed by atoms with Crippen molar-refractivity contribution in [1.29, 1.82) is 0 Å². The molecule has 0 spiro atoms. The summed E-state index contributed by atoms with van der Waals surface area (Å²) >= 11 is 0. The molecule has 0 N–H and O–H groups in total. The van der Waals surface area contributed by atoms with Crippen LogP contribution in [0.4, 0.5) is 0 Å². The second kappa shape index (κ2) is 39.2. The van der Waals surface area contributed by atoms with Gasteiger partial charge < -0.3 is 23.7 Å². The summed E-state index contributed by atoms with van der Waals surface area (Å²) in [5, 5.41) is 0. The molecule has 1 aliphatic rings. The Morgan fingerprint density at radius 3 is 1.61 bits per heavy atom. The summed E-state index contributed by atoms with van der Waals surface area (Å²) in [7, 11) is 1.93. The third-order valence-electron chi connectivity index (χ3n) is 10.7. The minimum absolute atomic E-state index is 0.00545. The van der Waals surface area contributed by atoms with E-state index in [1.807, 2.05) is 11.9 Å². The number of nitrogens with zero attached hydrogens (tertiary/aromatic N) is 1. The van der Waals surface area contributed by atoms with Crippen LogP contribution in [0.5, 0.6) is 0 Å². The normalized spacial score (nSPS) is 15.3.